The maximum absolute atomic E-state index is 11.5. The van der Waals surface area contributed by atoms with Crippen LogP contribution >= 0.6 is 23.6 Å². The summed E-state index contributed by atoms with van der Waals surface area (Å²) in [6, 6.07) is 8.12. The van der Waals surface area contributed by atoms with Crippen molar-refractivity contribution in [2.75, 3.05) is 0 Å². The highest BCUT2D eigenvalue weighted by Gasteiger charge is 2.49. The molecule has 0 aliphatic carbocycles. The number of thiocarbonyl (C=S) groups is 1. The molecule has 2 aliphatic heterocycles. The van der Waals surface area contributed by atoms with Crippen molar-refractivity contribution in [3.05, 3.63) is 45.6 Å². The molecule has 0 radical (unpaired) electrons. The monoisotopic (exact) mass is 416 g/mol. The zero-order chi connectivity index (χ0) is 20.1. The van der Waals surface area contributed by atoms with E-state index in [-0.39, 0.29) is 17.4 Å². The van der Waals surface area contributed by atoms with Crippen LogP contribution in [0.5, 0.6) is 11.5 Å². The van der Waals surface area contributed by atoms with Crippen molar-refractivity contribution in [1.29, 1.82) is 0 Å². The molecule has 1 aromatic carbocycles. The Morgan fingerprint density at radius 3 is 2.75 bits per heavy atom. The Kier molecular flexibility index (Phi) is 4.62. The second-order valence-corrected chi connectivity index (χ2v) is 9.60. The molecule has 0 saturated carbocycles. The molecule has 1 fully saturated rings. The predicted octanol–water partition coefficient (Wildman–Crippen LogP) is 4.24. The van der Waals surface area contributed by atoms with Crippen LogP contribution in [0.3, 0.4) is 0 Å². The third-order valence-corrected chi connectivity index (χ3v) is 6.44. The van der Waals surface area contributed by atoms with E-state index in [0.717, 1.165) is 29.7 Å². The van der Waals surface area contributed by atoms with E-state index in [9.17, 15) is 4.79 Å². The molecule has 4 rings (SSSR count). The molecule has 148 valence electrons. The van der Waals surface area contributed by atoms with Gasteiger partial charge in [0, 0.05) is 47.2 Å². The molecule has 1 aromatic heterocycles. The summed E-state index contributed by atoms with van der Waals surface area (Å²) in [6.45, 7) is 7.60. The molecule has 5 nitrogen and oxygen atoms in total. The molecule has 7 heteroatoms. The molecule has 2 atom stereocenters. The summed E-state index contributed by atoms with van der Waals surface area (Å²) in [5, 5.41) is 9.42. The Morgan fingerprint density at radius 2 is 2.11 bits per heavy atom. The Morgan fingerprint density at radius 1 is 1.32 bits per heavy atom. The van der Waals surface area contributed by atoms with Gasteiger partial charge in [-0.15, -0.1) is 11.3 Å². The third-order valence-electron chi connectivity index (χ3n) is 5.25. The molecule has 28 heavy (non-hydrogen) atoms. The Bertz CT molecular complexity index is 939. The van der Waals surface area contributed by atoms with Crippen LogP contribution in [0.2, 0.25) is 0 Å². The first-order valence-electron chi connectivity index (χ1n) is 9.33. The minimum atomic E-state index is -0.618. The average Bonchev–Trinajstić information content (AvgIpc) is 3.09. The van der Waals surface area contributed by atoms with Crippen molar-refractivity contribution in [1.82, 2.24) is 10.6 Å². The topological polar surface area (TPSA) is 59.6 Å². The number of thiophene rings is 1. The van der Waals surface area contributed by atoms with E-state index in [0.29, 0.717) is 10.9 Å². The highest BCUT2D eigenvalue weighted by atomic mass is 32.1. The maximum atomic E-state index is 11.5. The molecule has 2 aromatic rings. The lowest BCUT2D eigenvalue weighted by molar-refractivity contribution is -0.131. The van der Waals surface area contributed by atoms with Crippen molar-refractivity contribution in [2.24, 2.45) is 0 Å². The molecule has 3 heterocycles. The third kappa shape index (κ3) is 3.49. The molecular weight excluding hydrogens is 392 g/mol. The first-order chi connectivity index (χ1) is 13.2. The van der Waals surface area contributed by atoms with Crippen LogP contribution in [0.4, 0.5) is 0 Å². The lowest BCUT2D eigenvalue weighted by Gasteiger charge is -2.50. The fourth-order valence-electron chi connectivity index (χ4n) is 4.32. The number of hydrogen-bond donors (Lipinski definition) is 2. The normalized spacial score (nSPS) is 25.3. The van der Waals surface area contributed by atoms with Gasteiger partial charge in [-0.1, -0.05) is 12.1 Å². The van der Waals surface area contributed by atoms with Gasteiger partial charge in [0.1, 0.15) is 11.5 Å². The van der Waals surface area contributed by atoms with Gasteiger partial charge in [0.2, 0.25) is 0 Å². The van der Waals surface area contributed by atoms with Crippen molar-refractivity contribution < 1.29 is 14.3 Å². The van der Waals surface area contributed by atoms with Gasteiger partial charge in [0.15, 0.2) is 10.8 Å². The quantitative estimate of drug-likeness (QED) is 0.434. The molecule has 1 saturated heterocycles. The van der Waals surface area contributed by atoms with Crippen molar-refractivity contribution >= 4 is 34.6 Å². The van der Waals surface area contributed by atoms with E-state index in [1.165, 1.54) is 11.8 Å². The number of carbonyl (C=O) groups is 1. The van der Waals surface area contributed by atoms with Crippen molar-refractivity contribution in [3.8, 4) is 11.5 Å². The van der Waals surface area contributed by atoms with Crippen molar-refractivity contribution in [2.45, 2.75) is 57.7 Å². The molecule has 0 unspecified atom stereocenters. The number of benzene rings is 1. The zero-order valence-electron chi connectivity index (χ0n) is 16.4. The van der Waals surface area contributed by atoms with Gasteiger partial charge >= 0.3 is 5.97 Å². The second-order valence-electron chi connectivity index (χ2n) is 8.21. The number of esters is 1. The molecule has 0 bridgehead atoms. The van der Waals surface area contributed by atoms with Gasteiger partial charge in [-0.05, 0) is 50.5 Å². The van der Waals surface area contributed by atoms with Crippen LogP contribution in [0.15, 0.2) is 29.6 Å². The molecule has 1 spiro atoms. The zero-order valence-corrected chi connectivity index (χ0v) is 18.1. The Hall–Kier alpha value is -2.12. The van der Waals surface area contributed by atoms with Gasteiger partial charge < -0.3 is 20.1 Å². The standard InChI is InChI=1S/C21H24N2O3S2/c1-12-16(25-13(2)24)8-7-14-15(17-6-5-9-28-17)10-21(26-18(12)14)11-20(3,4)22-19(27)23-21/h5-9,15H,10-11H2,1-4H3,(H2,22,23,27)/t15-,21-/m0/s1. The number of carbonyl (C=O) groups excluding carboxylic acids is 1. The predicted molar refractivity (Wildman–Crippen MR) is 114 cm³/mol. The maximum Gasteiger partial charge on any atom is 0.308 e. The summed E-state index contributed by atoms with van der Waals surface area (Å²) >= 11 is 7.24. The number of rotatable bonds is 2. The first kappa shape index (κ1) is 19.2. The summed E-state index contributed by atoms with van der Waals surface area (Å²) in [5.74, 6) is 1.14. The van der Waals surface area contributed by atoms with Gasteiger partial charge in [-0.2, -0.15) is 0 Å². The minimum Gasteiger partial charge on any atom is -0.467 e. The smallest absolute Gasteiger partial charge is 0.308 e. The highest BCUT2D eigenvalue weighted by molar-refractivity contribution is 7.80. The van der Waals surface area contributed by atoms with E-state index in [1.54, 1.807) is 11.3 Å². The Balaban J connectivity index is 1.84. The van der Waals surface area contributed by atoms with E-state index in [4.69, 9.17) is 21.7 Å². The fraction of sp³-hybridized carbons (Fsp3) is 0.429. The average molecular weight is 417 g/mol. The molecule has 2 N–H and O–H groups in total. The van der Waals surface area contributed by atoms with E-state index in [2.05, 4.69) is 42.0 Å². The van der Waals surface area contributed by atoms with Crippen LogP contribution < -0.4 is 20.1 Å². The number of fused-ring (bicyclic) bond motifs is 1. The van der Waals surface area contributed by atoms with Gasteiger partial charge in [-0.25, -0.2) is 0 Å². The SMILES string of the molecule is CC(=O)Oc1ccc2c(c1C)O[C@@]1(C[C@@H]2c2cccs2)CC(C)(C)NC(=S)N1. The van der Waals surface area contributed by atoms with Gasteiger partial charge in [0.25, 0.3) is 0 Å². The molecular formula is C21H24N2O3S2. The van der Waals surface area contributed by atoms with E-state index >= 15 is 0 Å². The summed E-state index contributed by atoms with van der Waals surface area (Å²) in [7, 11) is 0. The van der Waals surface area contributed by atoms with E-state index in [1.807, 2.05) is 19.1 Å². The van der Waals surface area contributed by atoms with Gasteiger partial charge in [0.05, 0.1) is 0 Å². The second kappa shape index (κ2) is 6.74. The number of hydrogen-bond acceptors (Lipinski definition) is 5. The van der Waals surface area contributed by atoms with Gasteiger partial charge in [-0.3, -0.25) is 4.79 Å². The van der Waals surface area contributed by atoms with Crippen LogP contribution in [0, 0.1) is 6.92 Å². The number of ether oxygens (including phenoxy) is 2. The summed E-state index contributed by atoms with van der Waals surface area (Å²) in [4.78, 5) is 12.8. The summed E-state index contributed by atoms with van der Waals surface area (Å²) < 4.78 is 12.0. The van der Waals surface area contributed by atoms with E-state index < -0.39 is 5.72 Å². The molecule has 0 amide bonds. The van der Waals surface area contributed by atoms with Crippen LogP contribution in [0.1, 0.15) is 55.5 Å². The van der Waals surface area contributed by atoms with Crippen LogP contribution in [0.25, 0.3) is 0 Å². The van der Waals surface area contributed by atoms with Crippen LogP contribution in [-0.2, 0) is 4.79 Å². The fourth-order valence-corrected chi connectivity index (χ4v) is 5.63. The first-order valence-corrected chi connectivity index (χ1v) is 10.6. The lowest BCUT2D eigenvalue weighted by atomic mass is 9.79. The summed E-state index contributed by atoms with van der Waals surface area (Å²) in [5.41, 5.74) is 1.14. The summed E-state index contributed by atoms with van der Waals surface area (Å²) in [6.07, 6.45) is 1.52. The minimum absolute atomic E-state index is 0.179. The molecule has 2 aliphatic rings. The lowest BCUT2D eigenvalue weighted by Crippen LogP contribution is -2.69. The Labute approximate surface area is 174 Å². The number of nitrogens with one attached hydrogen (secondary N) is 2. The van der Waals surface area contributed by atoms with Crippen molar-refractivity contribution in [3.63, 3.8) is 0 Å². The largest absolute Gasteiger partial charge is 0.467 e. The highest BCUT2D eigenvalue weighted by Crippen LogP contribution is 2.50. The van der Waals surface area contributed by atoms with Crippen LogP contribution in [-0.4, -0.2) is 22.3 Å².